The second-order valence-corrected chi connectivity index (χ2v) is 5.51. The molecule has 2 aromatic carbocycles. The molecule has 0 unspecified atom stereocenters. The Morgan fingerprint density at radius 3 is 2.80 bits per heavy atom. The van der Waals surface area contributed by atoms with E-state index in [1.54, 1.807) is 54.6 Å². The van der Waals surface area contributed by atoms with Gasteiger partial charge in [0.25, 0.3) is 5.91 Å². The van der Waals surface area contributed by atoms with Crippen LogP contribution in [-0.2, 0) is 0 Å². The van der Waals surface area contributed by atoms with Gasteiger partial charge < -0.3 is 4.42 Å². The first kappa shape index (κ1) is 16.5. The van der Waals surface area contributed by atoms with Crippen LogP contribution in [-0.4, -0.2) is 12.1 Å². The first-order valence-corrected chi connectivity index (χ1v) is 7.73. The molecule has 0 aliphatic heterocycles. The average Bonchev–Trinajstić information content (AvgIpc) is 3.10. The van der Waals surface area contributed by atoms with Crippen LogP contribution in [0.4, 0.5) is 0 Å². The fourth-order valence-corrected chi connectivity index (χ4v) is 2.40. The number of hydrazone groups is 1. The number of benzene rings is 2. The van der Waals surface area contributed by atoms with Crippen molar-refractivity contribution < 1.29 is 9.21 Å². The van der Waals surface area contributed by atoms with E-state index in [-0.39, 0.29) is 5.91 Å². The van der Waals surface area contributed by atoms with Crippen LogP contribution >= 0.6 is 11.6 Å². The largest absolute Gasteiger partial charge is 0.455 e. The van der Waals surface area contributed by atoms with Gasteiger partial charge in [-0.25, -0.2) is 5.43 Å². The van der Waals surface area contributed by atoms with Crippen molar-refractivity contribution in [3.63, 3.8) is 0 Å². The minimum atomic E-state index is -0.375. The zero-order valence-corrected chi connectivity index (χ0v) is 13.7. The first-order chi connectivity index (χ1) is 12.2. The molecule has 0 atom stereocenters. The van der Waals surface area contributed by atoms with Gasteiger partial charge in [-0.05, 0) is 42.5 Å². The van der Waals surface area contributed by atoms with Crippen LogP contribution in [0, 0.1) is 11.3 Å². The molecule has 0 saturated heterocycles. The molecule has 0 saturated carbocycles. The highest BCUT2D eigenvalue weighted by Crippen LogP contribution is 2.24. The summed E-state index contributed by atoms with van der Waals surface area (Å²) in [7, 11) is 0. The summed E-state index contributed by atoms with van der Waals surface area (Å²) in [6.07, 6.45) is 1.39. The van der Waals surface area contributed by atoms with E-state index in [0.717, 1.165) is 0 Å². The van der Waals surface area contributed by atoms with Crippen LogP contribution in [0.5, 0.6) is 0 Å². The lowest BCUT2D eigenvalue weighted by molar-refractivity contribution is 0.0955. The number of nitriles is 1. The maximum atomic E-state index is 11.9. The fourth-order valence-electron chi connectivity index (χ4n) is 2.21. The Morgan fingerprint density at radius 1 is 1.16 bits per heavy atom. The summed E-state index contributed by atoms with van der Waals surface area (Å²) in [5.74, 6) is 0.634. The van der Waals surface area contributed by atoms with E-state index in [0.29, 0.717) is 33.2 Å². The third-order valence-electron chi connectivity index (χ3n) is 3.38. The van der Waals surface area contributed by atoms with Gasteiger partial charge in [0.05, 0.1) is 17.8 Å². The molecule has 1 heterocycles. The topological polar surface area (TPSA) is 78.4 Å². The van der Waals surface area contributed by atoms with Gasteiger partial charge in [-0.2, -0.15) is 10.4 Å². The molecular formula is C19H12ClN3O2. The highest BCUT2D eigenvalue weighted by Gasteiger charge is 2.08. The van der Waals surface area contributed by atoms with Crippen molar-refractivity contribution in [2.45, 2.75) is 0 Å². The maximum absolute atomic E-state index is 11.9. The molecule has 6 heteroatoms. The molecule has 0 bridgehead atoms. The average molecular weight is 350 g/mol. The normalized spacial score (nSPS) is 10.6. The van der Waals surface area contributed by atoms with E-state index in [4.69, 9.17) is 21.3 Å². The Morgan fingerprint density at radius 2 is 2.00 bits per heavy atom. The van der Waals surface area contributed by atoms with Gasteiger partial charge in [0.1, 0.15) is 11.5 Å². The Hall–Kier alpha value is -3.36. The summed E-state index contributed by atoms with van der Waals surface area (Å²) in [6.45, 7) is 0. The number of nitrogens with one attached hydrogen (secondary N) is 1. The van der Waals surface area contributed by atoms with Crippen molar-refractivity contribution in [2.24, 2.45) is 5.10 Å². The summed E-state index contributed by atoms with van der Waals surface area (Å²) < 4.78 is 5.65. The summed E-state index contributed by atoms with van der Waals surface area (Å²) in [6, 6.07) is 19.3. The quantitative estimate of drug-likeness (QED) is 0.565. The van der Waals surface area contributed by atoms with E-state index in [1.165, 1.54) is 6.21 Å². The minimum absolute atomic E-state index is 0.375. The predicted octanol–water partition coefficient (Wildman–Crippen LogP) is 4.24. The van der Waals surface area contributed by atoms with Crippen LogP contribution in [0.3, 0.4) is 0 Å². The highest BCUT2D eigenvalue weighted by atomic mass is 35.5. The van der Waals surface area contributed by atoms with Gasteiger partial charge in [-0.1, -0.05) is 29.8 Å². The fraction of sp³-hybridized carbons (Fsp3) is 0. The number of hydrogen-bond acceptors (Lipinski definition) is 4. The van der Waals surface area contributed by atoms with E-state index in [9.17, 15) is 4.79 Å². The number of carbonyl (C=O) groups excluding carboxylic acids is 1. The van der Waals surface area contributed by atoms with Crippen molar-refractivity contribution in [2.75, 3.05) is 0 Å². The van der Waals surface area contributed by atoms with Crippen LogP contribution in [0.25, 0.3) is 11.3 Å². The molecule has 5 nitrogen and oxygen atoms in total. The zero-order chi connectivity index (χ0) is 17.6. The van der Waals surface area contributed by atoms with Crippen molar-refractivity contribution in [1.82, 2.24) is 5.43 Å². The van der Waals surface area contributed by atoms with Gasteiger partial charge in [-0.3, -0.25) is 4.79 Å². The SMILES string of the molecule is N#Cc1ccccc1-c1ccc(/C=N/NC(=O)c2cccc(Cl)c2)o1. The molecule has 3 rings (SSSR count). The van der Waals surface area contributed by atoms with E-state index < -0.39 is 0 Å². The highest BCUT2D eigenvalue weighted by molar-refractivity contribution is 6.30. The second-order valence-electron chi connectivity index (χ2n) is 5.07. The van der Waals surface area contributed by atoms with E-state index >= 15 is 0 Å². The van der Waals surface area contributed by atoms with E-state index in [2.05, 4.69) is 16.6 Å². The van der Waals surface area contributed by atoms with Gasteiger partial charge in [-0.15, -0.1) is 0 Å². The summed E-state index contributed by atoms with van der Waals surface area (Å²) in [5.41, 5.74) is 4.04. The number of rotatable bonds is 4. The molecule has 1 aromatic heterocycles. The lowest BCUT2D eigenvalue weighted by Crippen LogP contribution is -2.17. The van der Waals surface area contributed by atoms with Crippen molar-refractivity contribution in [3.05, 3.63) is 82.6 Å². The molecule has 0 spiro atoms. The smallest absolute Gasteiger partial charge is 0.271 e. The Balaban J connectivity index is 1.70. The van der Waals surface area contributed by atoms with Crippen molar-refractivity contribution >= 4 is 23.7 Å². The second kappa shape index (κ2) is 7.47. The number of nitrogens with zero attached hydrogens (tertiary/aromatic N) is 2. The lowest BCUT2D eigenvalue weighted by Gasteiger charge is -2.00. The Kier molecular flexibility index (Phi) is 4.93. The molecular weight excluding hydrogens is 338 g/mol. The zero-order valence-electron chi connectivity index (χ0n) is 12.9. The van der Waals surface area contributed by atoms with Crippen LogP contribution in [0.2, 0.25) is 5.02 Å². The predicted molar refractivity (Wildman–Crippen MR) is 95.4 cm³/mol. The number of halogens is 1. The Bertz CT molecular complexity index is 986. The van der Waals surface area contributed by atoms with Crippen molar-refractivity contribution in [1.29, 1.82) is 5.26 Å². The van der Waals surface area contributed by atoms with E-state index in [1.807, 2.05) is 6.07 Å². The summed E-state index contributed by atoms with van der Waals surface area (Å²) in [5, 5.41) is 13.5. The van der Waals surface area contributed by atoms with Crippen LogP contribution < -0.4 is 5.43 Å². The number of furan rings is 1. The third-order valence-corrected chi connectivity index (χ3v) is 3.62. The molecule has 0 radical (unpaired) electrons. The first-order valence-electron chi connectivity index (χ1n) is 7.35. The minimum Gasteiger partial charge on any atom is -0.455 e. The molecule has 3 aromatic rings. The molecule has 0 aliphatic rings. The Labute approximate surface area is 149 Å². The van der Waals surface area contributed by atoms with Crippen LogP contribution in [0.15, 0.2) is 70.2 Å². The van der Waals surface area contributed by atoms with Crippen LogP contribution in [0.1, 0.15) is 21.7 Å². The third kappa shape index (κ3) is 3.94. The lowest BCUT2D eigenvalue weighted by atomic mass is 10.1. The molecule has 0 fully saturated rings. The molecule has 25 heavy (non-hydrogen) atoms. The standard InChI is InChI=1S/C19H12ClN3O2/c20-15-6-3-5-13(10-15)19(24)23-22-12-16-8-9-18(25-16)17-7-2-1-4-14(17)11-21/h1-10,12H,(H,23,24)/b22-12+. The molecule has 1 N–H and O–H groups in total. The summed E-state index contributed by atoms with van der Waals surface area (Å²) >= 11 is 5.85. The molecule has 1 amide bonds. The van der Waals surface area contributed by atoms with Gasteiger partial charge in [0.2, 0.25) is 0 Å². The van der Waals surface area contributed by atoms with Gasteiger partial charge in [0.15, 0.2) is 0 Å². The van der Waals surface area contributed by atoms with Gasteiger partial charge in [0, 0.05) is 16.1 Å². The number of amides is 1. The maximum Gasteiger partial charge on any atom is 0.271 e. The monoisotopic (exact) mass is 349 g/mol. The van der Waals surface area contributed by atoms with Crippen molar-refractivity contribution in [3.8, 4) is 17.4 Å². The number of hydrogen-bond donors (Lipinski definition) is 1. The molecule has 122 valence electrons. The number of carbonyl (C=O) groups is 1. The summed E-state index contributed by atoms with van der Waals surface area (Å²) in [4.78, 5) is 11.9. The molecule has 0 aliphatic carbocycles. The van der Waals surface area contributed by atoms with Gasteiger partial charge >= 0.3 is 0 Å².